The first-order valence-corrected chi connectivity index (χ1v) is 12.7. The summed E-state index contributed by atoms with van der Waals surface area (Å²) in [6, 6.07) is 18.4. The number of anilines is 1. The van der Waals surface area contributed by atoms with Crippen LogP contribution in [0.15, 0.2) is 77.1 Å². The second-order valence-electron chi connectivity index (χ2n) is 10.2. The fourth-order valence-electron chi connectivity index (χ4n) is 5.79. The minimum Gasteiger partial charge on any atom is -0.459 e. The Morgan fingerprint density at radius 1 is 0.943 bits per heavy atom. The van der Waals surface area contributed by atoms with Crippen LogP contribution in [0.3, 0.4) is 0 Å². The lowest BCUT2D eigenvalue weighted by atomic mass is 9.71. The number of nitrogens with zero attached hydrogens (tertiary/aromatic N) is 1. The van der Waals surface area contributed by atoms with Gasteiger partial charge in [-0.2, -0.15) is 0 Å². The van der Waals surface area contributed by atoms with E-state index in [9.17, 15) is 9.59 Å². The van der Waals surface area contributed by atoms with Crippen molar-refractivity contribution in [3.63, 3.8) is 0 Å². The number of hydrogen-bond acceptors (Lipinski definition) is 5. The molecule has 2 aromatic rings. The average Bonchev–Trinajstić information content (AvgIpc) is 3.36. The number of carbonyl (C=O) groups excluding carboxylic acids is 2. The average molecular weight is 471 g/mol. The fraction of sp³-hybridized carbons (Fsp3) is 0.400. The van der Waals surface area contributed by atoms with Gasteiger partial charge < -0.3 is 15.0 Å². The van der Waals surface area contributed by atoms with Gasteiger partial charge in [-0.15, -0.1) is 0 Å². The lowest BCUT2D eigenvalue weighted by molar-refractivity contribution is -0.144. The molecule has 1 heterocycles. The van der Waals surface area contributed by atoms with E-state index in [1.54, 1.807) is 0 Å². The quantitative estimate of drug-likeness (QED) is 0.577. The standard InChI is InChI=1S/C30H34N2O3/c1-19-27(30(34)35-24-11-7-8-12-24)28(21-13-15-23(16-14-21)32(2)3)29-25(31-19)17-22(18-26(29)33)20-9-5-4-6-10-20/h4-6,9-10,13-16,22,24,28,31H,7-8,11-12,17-18H2,1-3H3/t22-,28-/m1/s1. The molecular formula is C30H34N2O3. The van der Waals surface area contributed by atoms with Gasteiger partial charge in [0, 0.05) is 49.1 Å². The second-order valence-corrected chi connectivity index (χ2v) is 10.2. The Hall–Kier alpha value is -3.34. The highest BCUT2D eigenvalue weighted by atomic mass is 16.5. The van der Waals surface area contributed by atoms with Crippen molar-refractivity contribution < 1.29 is 14.3 Å². The van der Waals surface area contributed by atoms with Crippen molar-refractivity contribution in [1.82, 2.24) is 5.32 Å². The molecule has 0 aromatic heterocycles. The van der Waals surface area contributed by atoms with E-state index in [1.165, 1.54) is 5.56 Å². The van der Waals surface area contributed by atoms with Gasteiger partial charge in [0.25, 0.3) is 0 Å². The number of ketones is 1. The Morgan fingerprint density at radius 2 is 1.63 bits per heavy atom. The van der Waals surface area contributed by atoms with Crippen molar-refractivity contribution in [2.45, 2.75) is 63.4 Å². The van der Waals surface area contributed by atoms with Gasteiger partial charge in [0.05, 0.1) is 5.57 Å². The van der Waals surface area contributed by atoms with Crippen LogP contribution in [-0.4, -0.2) is 32.0 Å². The summed E-state index contributed by atoms with van der Waals surface area (Å²) in [7, 11) is 4.01. The van der Waals surface area contributed by atoms with E-state index in [4.69, 9.17) is 4.74 Å². The number of carbonyl (C=O) groups is 2. The van der Waals surface area contributed by atoms with Crippen LogP contribution in [0.1, 0.15) is 68.4 Å². The minimum absolute atomic E-state index is 0.0283. The first kappa shape index (κ1) is 23.4. The molecule has 0 amide bonds. The van der Waals surface area contributed by atoms with E-state index in [0.717, 1.165) is 60.3 Å². The third kappa shape index (κ3) is 4.64. The molecule has 2 atom stereocenters. The fourth-order valence-corrected chi connectivity index (χ4v) is 5.79. The highest BCUT2D eigenvalue weighted by molar-refractivity contribution is 6.04. The van der Waals surface area contributed by atoms with Crippen LogP contribution in [0, 0.1) is 0 Å². The number of esters is 1. The van der Waals surface area contributed by atoms with Crippen molar-refractivity contribution in [1.29, 1.82) is 0 Å². The monoisotopic (exact) mass is 470 g/mol. The zero-order valence-electron chi connectivity index (χ0n) is 20.8. The molecule has 0 spiro atoms. The number of nitrogens with one attached hydrogen (secondary N) is 1. The van der Waals surface area contributed by atoms with Gasteiger partial charge in [0.1, 0.15) is 6.10 Å². The summed E-state index contributed by atoms with van der Waals surface area (Å²) in [6.07, 6.45) is 5.19. The molecule has 0 saturated heterocycles. The summed E-state index contributed by atoms with van der Waals surface area (Å²) < 4.78 is 5.96. The second kappa shape index (κ2) is 9.73. The Labute approximate surface area is 207 Å². The molecule has 5 rings (SSSR count). The number of rotatable bonds is 5. The van der Waals surface area contributed by atoms with Crippen LogP contribution >= 0.6 is 0 Å². The van der Waals surface area contributed by atoms with Crippen LogP contribution in [0.25, 0.3) is 0 Å². The lowest BCUT2D eigenvalue weighted by Gasteiger charge is -2.37. The van der Waals surface area contributed by atoms with Crippen LogP contribution in [0.2, 0.25) is 0 Å². The molecule has 1 N–H and O–H groups in total. The Morgan fingerprint density at radius 3 is 2.29 bits per heavy atom. The summed E-state index contributed by atoms with van der Waals surface area (Å²) in [5.74, 6) is -0.479. The van der Waals surface area contributed by atoms with E-state index in [2.05, 4.69) is 17.4 Å². The molecule has 0 bridgehead atoms. The number of Topliss-reactive ketones (excluding diaryl/α,β-unsaturated/α-hetero) is 1. The number of dihydropyridines is 1. The predicted molar refractivity (Wildman–Crippen MR) is 138 cm³/mol. The molecule has 182 valence electrons. The Balaban J connectivity index is 1.54. The lowest BCUT2D eigenvalue weighted by Crippen LogP contribution is -2.36. The van der Waals surface area contributed by atoms with Gasteiger partial charge in [0.15, 0.2) is 5.78 Å². The van der Waals surface area contributed by atoms with Gasteiger partial charge in [-0.1, -0.05) is 42.5 Å². The zero-order chi connectivity index (χ0) is 24.5. The van der Waals surface area contributed by atoms with Gasteiger partial charge in [-0.25, -0.2) is 4.79 Å². The van der Waals surface area contributed by atoms with E-state index in [1.807, 2.05) is 68.4 Å². The molecule has 5 heteroatoms. The first-order valence-electron chi connectivity index (χ1n) is 12.7. The molecule has 35 heavy (non-hydrogen) atoms. The molecule has 5 nitrogen and oxygen atoms in total. The van der Waals surface area contributed by atoms with Crippen molar-refractivity contribution in [2.75, 3.05) is 19.0 Å². The summed E-state index contributed by atoms with van der Waals surface area (Å²) in [4.78, 5) is 29.3. The summed E-state index contributed by atoms with van der Waals surface area (Å²) in [5.41, 5.74) is 6.22. The molecular weight excluding hydrogens is 436 g/mol. The topological polar surface area (TPSA) is 58.6 Å². The molecule has 0 radical (unpaired) electrons. The number of ether oxygens (including phenoxy) is 1. The smallest absolute Gasteiger partial charge is 0.337 e. The normalized spacial score (nSPS) is 22.7. The maximum atomic E-state index is 13.7. The zero-order valence-corrected chi connectivity index (χ0v) is 20.8. The minimum atomic E-state index is -0.416. The first-order chi connectivity index (χ1) is 16.9. The Bertz CT molecular complexity index is 1170. The largest absolute Gasteiger partial charge is 0.459 e. The van der Waals surface area contributed by atoms with E-state index in [0.29, 0.717) is 12.0 Å². The number of hydrogen-bond donors (Lipinski definition) is 1. The van der Waals surface area contributed by atoms with Gasteiger partial charge >= 0.3 is 5.97 Å². The van der Waals surface area contributed by atoms with Gasteiger partial charge in [-0.3, -0.25) is 4.79 Å². The maximum absolute atomic E-state index is 13.7. The van der Waals surface area contributed by atoms with Crippen molar-refractivity contribution in [3.8, 4) is 0 Å². The molecule has 0 unspecified atom stereocenters. The van der Waals surface area contributed by atoms with Crippen molar-refractivity contribution in [3.05, 3.63) is 88.3 Å². The maximum Gasteiger partial charge on any atom is 0.337 e. The van der Waals surface area contributed by atoms with E-state index < -0.39 is 5.92 Å². The van der Waals surface area contributed by atoms with Crippen LogP contribution < -0.4 is 10.2 Å². The van der Waals surface area contributed by atoms with E-state index in [-0.39, 0.29) is 23.8 Å². The van der Waals surface area contributed by atoms with Crippen molar-refractivity contribution in [2.24, 2.45) is 0 Å². The predicted octanol–water partition coefficient (Wildman–Crippen LogP) is 5.60. The van der Waals surface area contributed by atoms with Gasteiger partial charge in [-0.05, 0) is 68.2 Å². The van der Waals surface area contributed by atoms with Gasteiger partial charge in [0.2, 0.25) is 0 Å². The van der Waals surface area contributed by atoms with Crippen molar-refractivity contribution >= 4 is 17.4 Å². The highest BCUT2D eigenvalue weighted by Gasteiger charge is 2.42. The van der Waals surface area contributed by atoms with E-state index >= 15 is 0 Å². The summed E-state index contributed by atoms with van der Waals surface area (Å²) >= 11 is 0. The summed E-state index contributed by atoms with van der Waals surface area (Å²) in [6.45, 7) is 1.94. The Kier molecular flexibility index (Phi) is 6.50. The number of benzene rings is 2. The third-order valence-corrected chi connectivity index (χ3v) is 7.64. The SMILES string of the molecule is CC1=C(C(=O)OC2CCCC2)[C@@H](c2ccc(N(C)C)cc2)C2=C(C[C@@H](c3ccccc3)CC2=O)N1. The molecule has 2 aliphatic carbocycles. The molecule has 1 saturated carbocycles. The molecule has 1 aliphatic heterocycles. The molecule has 2 aromatic carbocycles. The third-order valence-electron chi connectivity index (χ3n) is 7.64. The van der Waals surface area contributed by atoms with Crippen LogP contribution in [-0.2, 0) is 14.3 Å². The van der Waals surface area contributed by atoms with Crippen LogP contribution in [0.5, 0.6) is 0 Å². The van der Waals surface area contributed by atoms with Crippen LogP contribution in [0.4, 0.5) is 5.69 Å². The molecule has 3 aliphatic rings. The summed E-state index contributed by atoms with van der Waals surface area (Å²) in [5, 5.41) is 3.46. The molecule has 1 fully saturated rings. The highest BCUT2D eigenvalue weighted by Crippen LogP contribution is 2.46. The number of allylic oxidation sites excluding steroid dienone is 3.